The standard InChI is InChI=1S/C21H25.C8H13Si.C6H10.2ClH.Zr/c1-20(2,3)16-9-7-14-11-15-8-10-17(21(4,5)6)13-19(15)18(14)12-16;1-9(2,3)8-6-4-5-7-8;1-2-4-6-5-3-1;;;/h7,9-10,12-13H,11H2,1-6H3;4-7H,1-3H3;1-5H2;2*1H;/q2*-1;;;;+2/p-2. The molecule has 0 unspecified atom stereocenters. The van der Waals surface area contributed by atoms with Gasteiger partial charge in [0.05, 0.1) is 0 Å². The molecule has 1 saturated carbocycles. The summed E-state index contributed by atoms with van der Waals surface area (Å²) in [5.74, 6) is 0. The first kappa shape index (κ1) is 36.4. The molecule has 39 heavy (non-hydrogen) atoms. The average Bonchev–Trinajstić information content (AvgIpc) is 3.47. The molecule has 2 aliphatic rings. The Labute approximate surface area is 268 Å². The zero-order valence-electron chi connectivity index (χ0n) is 25.7. The van der Waals surface area contributed by atoms with Crippen molar-refractivity contribution in [1.82, 2.24) is 0 Å². The van der Waals surface area contributed by atoms with E-state index in [9.17, 15) is 0 Å². The Balaban J connectivity index is 0.000000350. The first-order valence-electron chi connectivity index (χ1n) is 14.1. The predicted octanol–water partition coefficient (Wildman–Crippen LogP) is 3.28. The molecule has 0 aromatic heterocycles. The molecule has 3 aromatic rings. The second-order valence-electron chi connectivity index (χ2n) is 13.9. The van der Waals surface area contributed by atoms with Crippen LogP contribution in [0.3, 0.4) is 0 Å². The van der Waals surface area contributed by atoms with Crippen LogP contribution in [0.15, 0.2) is 54.6 Å². The van der Waals surface area contributed by atoms with Gasteiger partial charge in [0.15, 0.2) is 0 Å². The van der Waals surface area contributed by atoms with E-state index in [-0.39, 0.29) is 35.6 Å². The monoisotopic (exact) mass is 656 g/mol. The molecular weight excluding hydrogens is 611 g/mol. The van der Waals surface area contributed by atoms with Crippen molar-refractivity contribution in [3.8, 4) is 11.1 Å². The topological polar surface area (TPSA) is 0 Å². The van der Waals surface area contributed by atoms with Gasteiger partial charge >= 0.3 is 59.5 Å². The third-order valence-electron chi connectivity index (χ3n) is 7.51. The van der Waals surface area contributed by atoms with Crippen molar-refractivity contribution in [2.45, 2.75) is 111 Å². The van der Waals surface area contributed by atoms with E-state index in [1.807, 2.05) is 0 Å². The van der Waals surface area contributed by atoms with Crippen LogP contribution in [0.1, 0.15) is 95.9 Å². The summed E-state index contributed by atoms with van der Waals surface area (Å²) in [4.78, 5) is 0. The summed E-state index contributed by atoms with van der Waals surface area (Å²) in [5.41, 5.74) is 8.76. The molecule has 0 nitrogen and oxygen atoms in total. The van der Waals surface area contributed by atoms with Gasteiger partial charge in [0, 0.05) is 8.07 Å². The number of halogens is 2. The summed E-state index contributed by atoms with van der Waals surface area (Å²) in [6, 6.07) is 23.8. The van der Waals surface area contributed by atoms with Gasteiger partial charge in [0.2, 0.25) is 0 Å². The van der Waals surface area contributed by atoms with E-state index in [2.05, 4.69) is 122 Å². The van der Waals surface area contributed by atoms with Crippen LogP contribution in [0.5, 0.6) is 0 Å². The molecule has 0 heterocycles. The van der Waals surface area contributed by atoms with Crippen LogP contribution in [-0.4, -0.2) is 11.3 Å². The molecule has 5 rings (SSSR count). The third-order valence-corrected chi connectivity index (χ3v) is 10.8. The fourth-order valence-corrected chi connectivity index (χ4v) is 6.90. The Hall–Kier alpha value is -0.660. The van der Waals surface area contributed by atoms with Crippen LogP contribution in [0.25, 0.3) is 11.1 Å². The van der Waals surface area contributed by atoms with Gasteiger partial charge in [0.25, 0.3) is 0 Å². The minimum atomic E-state index is -0.981. The molecule has 0 amide bonds. The molecule has 0 aliphatic heterocycles. The second-order valence-corrected chi connectivity index (χ2v) is 20.7. The first-order valence-corrected chi connectivity index (χ1v) is 18.9. The molecule has 0 radical (unpaired) electrons. The fourth-order valence-electron chi connectivity index (χ4n) is 4.84. The van der Waals surface area contributed by atoms with Crippen LogP contribution >= 0.6 is 0 Å². The molecule has 4 heteroatoms. The average molecular weight is 659 g/mol. The molecule has 1 fully saturated rings. The Bertz CT molecular complexity index is 1120. The molecule has 0 bridgehead atoms. The van der Waals surface area contributed by atoms with Gasteiger partial charge in [-0.3, -0.25) is 0 Å². The van der Waals surface area contributed by atoms with Gasteiger partial charge in [-0.25, -0.2) is 11.3 Å². The quantitative estimate of drug-likeness (QED) is 0.218. The summed E-state index contributed by atoms with van der Waals surface area (Å²) < 4.78 is 1.80. The zero-order valence-corrected chi connectivity index (χ0v) is 30.7. The number of hydrogen-bond acceptors (Lipinski definition) is 0. The summed E-state index contributed by atoms with van der Waals surface area (Å²) in [5, 5.41) is 1.56. The van der Waals surface area contributed by atoms with E-state index in [0.717, 1.165) is 6.42 Å². The van der Waals surface area contributed by atoms with Gasteiger partial charge in [-0.15, -0.1) is 5.56 Å². The molecule has 2 aliphatic carbocycles. The number of hydrogen-bond donors (Lipinski definition) is 0. The van der Waals surface area contributed by atoms with Crippen LogP contribution < -0.4 is 30.0 Å². The number of benzene rings is 2. The van der Waals surface area contributed by atoms with Crippen LogP contribution in [0, 0.1) is 6.07 Å². The van der Waals surface area contributed by atoms with E-state index in [1.165, 1.54) is 65.5 Å². The maximum atomic E-state index is 3.53. The molecule has 0 spiro atoms. The summed E-state index contributed by atoms with van der Waals surface area (Å²) in [6.07, 6.45) is 8.34. The Morgan fingerprint density at radius 3 is 1.82 bits per heavy atom. The van der Waals surface area contributed by atoms with Crippen molar-refractivity contribution in [1.29, 1.82) is 0 Å². The number of rotatable bonds is 1. The van der Waals surface area contributed by atoms with E-state index in [1.54, 1.807) is 32.6 Å². The van der Waals surface area contributed by atoms with Crippen molar-refractivity contribution in [3.63, 3.8) is 0 Å². The molecule has 3 aromatic carbocycles. The Morgan fingerprint density at radius 1 is 0.795 bits per heavy atom. The van der Waals surface area contributed by atoms with Crippen LogP contribution in [-0.2, 0) is 41.5 Å². The van der Waals surface area contributed by atoms with Crippen molar-refractivity contribution >= 4 is 16.5 Å². The molecule has 0 saturated heterocycles. The van der Waals surface area contributed by atoms with Crippen LogP contribution in [0.4, 0.5) is 0 Å². The van der Waals surface area contributed by atoms with Gasteiger partial charge in [0.1, 0.15) is 0 Å². The van der Waals surface area contributed by atoms with Crippen molar-refractivity contribution in [2.75, 3.05) is 0 Å². The third kappa shape index (κ3) is 10.6. The van der Waals surface area contributed by atoms with E-state index < -0.39 is 8.07 Å². The molecule has 0 N–H and O–H groups in total. The molecule has 0 atom stereocenters. The normalized spacial score (nSPS) is 14.4. The SMILES string of the molecule is CC(C)(C)c1c[c-]c2c(c1)-c1cc(C(C)(C)C)ccc1C2.C[Si](C)(C)c1cc[cH-]c1.[Cl-].[Cl-].[Zr+2]=[C]1CCCCC1. The van der Waals surface area contributed by atoms with Gasteiger partial charge < -0.3 is 24.8 Å². The molecule has 212 valence electrons. The van der Waals surface area contributed by atoms with Gasteiger partial charge in [-0.05, 0) is 17.4 Å². The minimum absolute atomic E-state index is 0. The summed E-state index contributed by atoms with van der Waals surface area (Å²) in [7, 11) is -0.981. The second kappa shape index (κ2) is 15.0. The fraction of sp³-hybridized carbons (Fsp3) is 0.486. The van der Waals surface area contributed by atoms with Crippen LogP contribution in [0.2, 0.25) is 19.6 Å². The van der Waals surface area contributed by atoms with E-state index in [4.69, 9.17) is 0 Å². The van der Waals surface area contributed by atoms with E-state index >= 15 is 0 Å². The zero-order chi connectivity index (χ0) is 27.4. The molecular formula is C35H48Cl2SiZr-2. The number of fused-ring (bicyclic) bond motifs is 3. The summed E-state index contributed by atoms with van der Waals surface area (Å²) in [6.45, 7) is 20.7. The van der Waals surface area contributed by atoms with Crippen molar-refractivity contribution < 1.29 is 49.0 Å². The first-order chi connectivity index (χ1) is 17.2. The summed E-state index contributed by atoms with van der Waals surface area (Å²) >= 11 is 1.69. The Morgan fingerprint density at radius 2 is 1.38 bits per heavy atom. The van der Waals surface area contributed by atoms with Crippen molar-refractivity contribution in [2.24, 2.45) is 0 Å². The van der Waals surface area contributed by atoms with Gasteiger partial charge in [-0.2, -0.15) is 47.5 Å². The Kier molecular flexibility index (Phi) is 14.0. The predicted molar refractivity (Wildman–Crippen MR) is 164 cm³/mol. The van der Waals surface area contributed by atoms with Crippen molar-refractivity contribution in [3.05, 3.63) is 82.9 Å². The van der Waals surface area contributed by atoms with E-state index in [0.29, 0.717) is 0 Å². The maximum absolute atomic E-state index is 3.53. The van der Waals surface area contributed by atoms with Gasteiger partial charge in [-0.1, -0.05) is 95.9 Å².